The highest BCUT2D eigenvalue weighted by Gasteiger charge is 2.09. The summed E-state index contributed by atoms with van der Waals surface area (Å²) in [5.74, 6) is 0. The summed E-state index contributed by atoms with van der Waals surface area (Å²) in [6.45, 7) is 1.88. The fourth-order valence-electron chi connectivity index (χ4n) is 0.345. The third-order valence-corrected chi connectivity index (χ3v) is 2.16. The van der Waals surface area contributed by atoms with E-state index in [1.54, 1.807) is 0 Å². The Balaban J connectivity index is 3.17. The van der Waals surface area contributed by atoms with Crippen molar-refractivity contribution in [2.75, 3.05) is 6.16 Å². The molecule has 1 unspecified atom stereocenters. The summed E-state index contributed by atoms with van der Waals surface area (Å²) in [6.07, 6.45) is 1.30. The minimum Gasteiger partial charge on any atom is -0.369 e. The lowest BCUT2D eigenvalue weighted by atomic mass is 10.6. The lowest BCUT2D eigenvalue weighted by Gasteiger charge is -2.09. The fraction of sp³-hybridized carbons (Fsp3) is 1.00. The van der Waals surface area contributed by atoms with Crippen molar-refractivity contribution in [2.24, 2.45) is 0 Å². The summed E-state index contributed by atoms with van der Waals surface area (Å²) < 4.78 is 0. The molecule has 3 nitrogen and oxygen atoms in total. The first-order chi connectivity index (χ1) is 3.68. The number of rotatable bonds is 3. The normalized spacial score (nSPS) is 14.6. The molecular formula is C4H11O3P. The van der Waals surface area contributed by atoms with Crippen LogP contribution >= 0.6 is 8.15 Å². The van der Waals surface area contributed by atoms with E-state index in [0.29, 0.717) is 6.16 Å². The standard InChI is InChI=1S/C4H11O3P/c1-2-3-8(7)4(5)6/h4-7H,2-3H2,1H3. The number of aliphatic hydroxyl groups is 2. The van der Waals surface area contributed by atoms with Gasteiger partial charge in [0.15, 0.2) is 6.03 Å². The third kappa shape index (κ3) is 3.33. The SMILES string of the molecule is CCCP(O)C(O)O. The first-order valence-electron chi connectivity index (χ1n) is 2.50. The van der Waals surface area contributed by atoms with Crippen molar-refractivity contribution in [1.82, 2.24) is 0 Å². The summed E-state index contributed by atoms with van der Waals surface area (Å²) in [7, 11) is -1.53. The van der Waals surface area contributed by atoms with Crippen LogP contribution in [0.2, 0.25) is 0 Å². The van der Waals surface area contributed by atoms with Crippen molar-refractivity contribution in [2.45, 2.75) is 19.4 Å². The van der Waals surface area contributed by atoms with E-state index in [1.165, 1.54) is 0 Å². The van der Waals surface area contributed by atoms with Crippen LogP contribution in [0.5, 0.6) is 0 Å². The number of aliphatic hydroxyl groups excluding tert-OH is 1. The second kappa shape index (κ2) is 4.21. The summed E-state index contributed by atoms with van der Waals surface area (Å²) in [6, 6.07) is -1.51. The van der Waals surface area contributed by atoms with Crippen molar-refractivity contribution in [3.05, 3.63) is 0 Å². The van der Waals surface area contributed by atoms with Crippen LogP contribution in [0.4, 0.5) is 0 Å². The van der Waals surface area contributed by atoms with Gasteiger partial charge in [-0.15, -0.1) is 0 Å². The molecule has 0 heterocycles. The zero-order valence-corrected chi connectivity index (χ0v) is 5.67. The molecule has 50 valence electrons. The van der Waals surface area contributed by atoms with E-state index >= 15 is 0 Å². The van der Waals surface area contributed by atoms with Gasteiger partial charge in [-0.1, -0.05) is 6.92 Å². The molecule has 0 radical (unpaired) electrons. The molecule has 4 heteroatoms. The first kappa shape index (κ1) is 8.31. The lowest BCUT2D eigenvalue weighted by molar-refractivity contribution is 0.0281. The van der Waals surface area contributed by atoms with Gasteiger partial charge in [0.25, 0.3) is 0 Å². The topological polar surface area (TPSA) is 60.7 Å². The first-order valence-corrected chi connectivity index (χ1v) is 4.05. The van der Waals surface area contributed by atoms with Gasteiger partial charge in [0, 0.05) is 0 Å². The molecule has 0 aromatic rings. The minimum absolute atomic E-state index is 0.507. The van der Waals surface area contributed by atoms with Crippen LogP contribution in [-0.4, -0.2) is 27.3 Å². The Kier molecular flexibility index (Phi) is 4.38. The second-order valence-corrected chi connectivity index (χ2v) is 3.30. The largest absolute Gasteiger partial charge is 0.369 e. The van der Waals surface area contributed by atoms with Gasteiger partial charge in [-0.25, -0.2) is 0 Å². The molecule has 0 aliphatic carbocycles. The minimum atomic E-state index is -1.53. The Labute approximate surface area is 49.8 Å². The van der Waals surface area contributed by atoms with Gasteiger partial charge < -0.3 is 15.1 Å². The van der Waals surface area contributed by atoms with Gasteiger partial charge in [-0.2, -0.15) is 0 Å². The number of hydrogen-bond donors (Lipinski definition) is 3. The molecule has 0 aromatic carbocycles. The maximum absolute atomic E-state index is 8.69. The highest BCUT2D eigenvalue weighted by Crippen LogP contribution is 2.33. The maximum atomic E-state index is 8.69. The Hall–Kier alpha value is 0.310. The van der Waals surface area contributed by atoms with Crippen molar-refractivity contribution < 1.29 is 15.1 Å². The van der Waals surface area contributed by atoms with Crippen LogP contribution in [0.25, 0.3) is 0 Å². The Morgan fingerprint density at radius 2 is 2.00 bits per heavy atom. The maximum Gasteiger partial charge on any atom is 0.196 e. The Morgan fingerprint density at radius 1 is 1.50 bits per heavy atom. The van der Waals surface area contributed by atoms with E-state index < -0.39 is 14.2 Å². The molecule has 8 heavy (non-hydrogen) atoms. The van der Waals surface area contributed by atoms with Crippen molar-refractivity contribution in [3.8, 4) is 0 Å². The highest BCUT2D eigenvalue weighted by molar-refractivity contribution is 7.51. The average molecular weight is 138 g/mol. The summed E-state index contributed by atoms with van der Waals surface area (Å²) in [4.78, 5) is 8.69. The molecule has 0 bridgehead atoms. The van der Waals surface area contributed by atoms with Gasteiger partial charge in [0.2, 0.25) is 0 Å². The zero-order valence-electron chi connectivity index (χ0n) is 4.78. The van der Waals surface area contributed by atoms with Crippen molar-refractivity contribution in [3.63, 3.8) is 0 Å². The molecule has 0 saturated heterocycles. The van der Waals surface area contributed by atoms with Gasteiger partial charge in [-0.3, -0.25) is 0 Å². The molecule has 0 aliphatic heterocycles. The van der Waals surface area contributed by atoms with E-state index in [1.807, 2.05) is 6.92 Å². The van der Waals surface area contributed by atoms with E-state index in [2.05, 4.69) is 0 Å². The van der Waals surface area contributed by atoms with Gasteiger partial charge in [0.05, 0.1) is 8.15 Å². The average Bonchev–Trinajstić information content (AvgIpc) is 1.67. The molecular weight excluding hydrogens is 127 g/mol. The molecule has 0 fully saturated rings. The molecule has 1 atom stereocenters. The van der Waals surface area contributed by atoms with Crippen LogP contribution < -0.4 is 0 Å². The van der Waals surface area contributed by atoms with Crippen molar-refractivity contribution >= 4 is 8.15 Å². The molecule has 0 aliphatic rings. The zero-order chi connectivity index (χ0) is 6.57. The van der Waals surface area contributed by atoms with E-state index in [9.17, 15) is 0 Å². The third-order valence-electron chi connectivity index (χ3n) is 0.719. The molecule has 0 saturated carbocycles. The Morgan fingerprint density at radius 3 is 2.12 bits per heavy atom. The van der Waals surface area contributed by atoms with Crippen molar-refractivity contribution in [1.29, 1.82) is 0 Å². The second-order valence-electron chi connectivity index (χ2n) is 1.51. The molecule has 0 aromatic heterocycles. The van der Waals surface area contributed by atoms with Crippen LogP contribution in [0, 0.1) is 0 Å². The summed E-state index contributed by atoms with van der Waals surface area (Å²) >= 11 is 0. The molecule has 0 spiro atoms. The van der Waals surface area contributed by atoms with Crippen LogP contribution in [0.3, 0.4) is 0 Å². The fourth-order valence-corrected chi connectivity index (χ4v) is 1.03. The molecule has 3 N–H and O–H groups in total. The van der Waals surface area contributed by atoms with Gasteiger partial charge >= 0.3 is 0 Å². The lowest BCUT2D eigenvalue weighted by Crippen LogP contribution is -2.02. The van der Waals surface area contributed by atoms with E-state index in [-0.39, 0.29) is 0 Å². The van der Waals surface area contributed by atoms with Crippen LogP contribution in [-0.2, 0) is 0 Å². The van der Waals surface area contributed by atoms with Crippen LogP contribution in [0.15, 0.2) is 0 Å². The van der Waals surface area contributed by atoms with E-state index in [4.69, 9.17) is 15.1 Å². The molecule has 0 amide bonds. The van der Waals surface area contributed by atoms with E-state index in [0.717, 1.165) is 6.42 Å². The van der Waals surface area contributed by atoms with Gasteiger partial charge in [-0.05, 0) is 12.6 Å². The van der Waals surface area contributed by atoms with Gasteiger partial charge in [0.1, 0.15) is 0 Å². The highest BCUT2D eigenvalue weighted by atomic mass is 31.1. The molecule has 0 rings (SSSR count). The smallest absolute Gasteiger partial charge is 0.196 e. The predicted molar refractivity (Wildman–Crippen MR) is 32.5 cm³/mol. The monoisotopic (exact) mass is 138 g/mol. The quantitative estimate of drug-likeness (QED) is 0.381. The van der Waals surface area contributed by atoms with Crippen LogP contribution in [0.1, 0.15) is 13.3 Å². The number of hydrogen-bond acceptors (Lipinski definition) is 3. The Bertz CT molecular complexity index is 57.2. The summed E-state index contributed by atoms with van der Waals surface area (Å²) in [5.41, 5.74) is 0. The predicted octanol–water partition coefficient (Wildman–Crippen LogP) is 0.0538. The summed E-state index contributed by atoms with van der Waals surface area (Å²) in [5, 5.41) is 16.6.